The van der Waals surface area contributed by atoms with Crippen molar-refractivity contribution in [1.82, 2.24) is 5.43 Å². The SMILES string of the molecule is Cc1ccc(C(=O)N/N=C/c2ccc(Sc3ccc(Cl)cc3)c([N+](=O)[O-])c2)cc1. The maximum Gasteiger partial charge on any atom is 0.283 e. The minimum absolute atomic E-state index is 0.0428. The number of hydrazone groups is 1. The molecule has 0 aliphatic rings. The van der Waals surface area contributed by atoms with E-state index in [1.54, 1.807) is 48.5 Å². The Balaban J connectivity index is 1.73. The number of hydrogen-bond acceptors (Lipinski definition) is 5. The van der Waals surface area contributed by atoms with E-state index in [1.807, 2.05) is 19.1 Å². The van der Waals surface area contributed by atoms with Crippen molar-refractivity contribution in [3.8, 4) is 0 Å². The summed E-state index contributed by atoms with van der Waals surface area (Å²) in [6.07, 6.45) is 1.37. The van der Waals surface area contributed by atoms with Crippen LogP contribution in [0.1, 0.15) is 21.5 Å². The molecule has 0 heterocycles. The van der Waals surface area contributed by atoms with Crippen LogP contribution in [0.2, 0.25) is 5.02 Å². The molecule has 146 valence electrons. The van der Waals surface area contributed by atoms with Gasteiger partial charge >= 0.3 is 0 Å². The highest BCUT2D eigenvalue weighted by Gasteiger charge is 2.15. The van der Waals surface area contributed by atoms with Crippen LogP contribution in [0.25, 0.3) is 0 Å². The van der Waals surface area contributed by atoms with E-state index in [-0.39, 0.29) is 11.6 Å². The van der Waals surface area contributed by atoms with Gasteiger partial charge in [-0.05, 0) is 49.4 Å². The van der Waals surface area contributed by atoms with Crippen LogP contribution in [0.4, 0.5) is 5.69 Å². The van der Waals surface area contributed by atoms with Gasteiger partial charge in [0.25, 0.3) is 11.6 Å². The number of carbonyl (C=O) groups is 1. The lowest BCUT2D eigenvalue weighted by Crippen LogP contribution is -2.17. The molecule has 3 aromatic carbocycles. The van der Waals surface area contributed by atoms with Gasteiger partial charge in [0.15, 0.2) is 0 Å². The fourth-order valence-electron chi connectivity index (χ4n) is 2.41. The average Bonchev–Trinajstić information content (AvgIpc) is 2.71. The number of nitrogens with zero attached hydrogens (tertiary/aromatic N) is 2. The molecule has 3 rings (SSSR count). The van der Waals surface area contributed by atoms with Crippen LogP contribution in [-0.2, 0) is 0 Å². The molecule has 0 aliphatic carbocycles. The molecule has 6 nitrogen and oxygen atoms in total. The van der Waals surface area contributed by atoms with E-state index in [0.717, 1.165) is 10.5 Å². The third kappa shape index (κ3) is 5.66. The Labute approximate surface area is 176 Å². The molecular weight excluding hydrogens is 410 g/mol. The predicted molar refractivity (Wildman–Crippen MR) is 115 cm³/mol. The lowest BCUT2D eigenvalue weighted by molar-refractivity contribution is -0.387. The second-order valence-corrected chi connectivity index (χ2v) is 7.66. The van der Waals surface area contributed by atoms with Crippen LogP contribution in [0.3, 0.4) is 0 Å². The predicted octanol–water partition coefficient (Wildman–Crippen LogP) is 5.47. The quantitative estimate of drug-likeness (QED) is 0.322. The first-order valence-electron chi connectivity index (χ1n) is 8.54. The van der Waals surface area contributed by atoms with Crippen LogP contribution >= 0.6 is 23.4 Å². The Morgan fingerprint density at radius 1 is 1.10 bits per heavy atom. The largest absolute Gasteiger partial charge is 0.283 e. The Morgan fingerprint density at radius 3 is 2.45 bits per heavy atom. The second-order valence-electron chi connectivity index (χ2n) is 6.11. The van der Waals surface area contributed by atoms with Crippen molar-refractivity contribution in [2.75, 3.05) is 0 Å². The molecule has 0 aromatic heterocycles. The fraction of sp³-hybridized carbons (Fsp3) is 0.0476. The van der Waals surface area contributed by atoms with Gasteiger partial charge in [-0.25, -0.2) is 5.43 Å². The van der Waals surface area contributed by atoms with Gasteiger partial charge in [-0.15, -0.1) is 0 Å². The van der Waals surface area contributed by atoms with Crippen molar-refractivity contribution in [3.05, 3.63) is 98.6 Å². The van der Waals surface area contributed by atoms with E-state index in [4.69, 9.17) is 11.6 Å². The lowest BCUT2D eigenvalue weighted by atomic mass is 10.1. The molecule has 8 heteroatoms. The zero-order valence-corrected chi connectivity index (χ0v) is 16.9. The molecule has 1 amide bonds. The molecule has 0 fully saturated rings. The molecular formula is C21H16ClN3O3S. The normalized spacial score (nSPS) is 10.8. The summed E-state index contributed by atoms with van der Waals surface area (Å²) in [5.41, 5.74) is 4.41. The number of benzene rings is 3. The number of rotatable bonds is 6. The van der Waals surface area contributed by atoms with Crippen LogP contribution in [0.5, 0.6) is 0 Å². The number of hydrogen-bond donors (Lipinski definition) is 1. The first kappa shape index (κ1) is 20.6. The zero-order valence-electron chi connectivity index (χ0n) is 15.3. The topological polar surface area (TPSA) is 84.6 Å². The molecule has 0 bridgehead atoms. The monoisotopic (exact) mass is 425 g/mol. The van der Waals surface area contributed by atoms with E-state index in [2.05, 4.69) is 10.5 Å². The highest BCUT2D eigenvalue weighted by molar-refractivity contribution is 7.99. The van der Waals surface area contributed by atoms with E-state index in [0.29, 0.717) is 21.0 Å². The summed E-state index contributed by atoms with van der Waals surface area (Å²) in [5, 5.41) is 16.0. The summed E-state index contributed by atoms with van der Waals surface area (Å²) >= 11 is 7.14. The van der Waals surface area contributed by atoms with E-state index < -0.39 is 4.92 Å². The van der Waals surface area contributed by atoms with Crippen molar-refractivity contribution in [1.29, 1.82) is 0 Å². The lowest BCUT2D eigenvalue weighted by Gasteiger charge is -2.04. The summed E-state index contributed by atoms with van der Waals surface area (Å²) in [7, 11) is 0. The number of carbonyl (C=O) groups excluding carboxylic acids is 1. The van der Waals surface area contributed by atoms with Gasteiger partial charge in [-0.3, -0.25) is 14.9 Å². The Hall–Kier alpha value is -3.16. The zero-order chi connectivity index (χ0) is 20.8. The first-order chi connectivity index (χ1) is 13.9. The molecule has 1 N–H and O–H groups in total. The highest BCUT2D eigenvalue weighted by atomic mass is 35.5. The van der Waals surface area contributed by atoms with Crippen LogP contribution < -0.4 is 5.43 Å². The van der Waals surface area contributed by atoms with Gasteiger partial charge in [-0.1, -0.05) is 47.1 Å². The molecule has 0 spiro atoms. The van der Waals surface area contributed by atoms with Gasteiger partial charge in [0.05, 0.1) is 16.0 Å². The molecule has 0 saturated carbocycles. The van der Waals surface area contributed by atoms with Crippen molar-refractivity contribution < 1.29 is 9.72 Å². The van der Waals surface area contributed by atoms with Crippen molar-refractivity contribution in [2.24, 2.45) is 5.10 Å². The molecule has 0 aliphatic heterocycles. The number of halogens is 1. The van der Waals surface area contributed by atoms with Crippen LogP contribution in [-0.4, -0.2) is 17.0 Å². The summed E-state index contributed by atoms with van der Waals surface area (Å²) in [6.45, 7) is 1.93. The Bertz CT molecular complexity index is 1070. The molecule has 0 radical (unpaired) electrons. The number of nitrogens with one attached hydrogen (secondary N) is 1. The fourth-order valence-corrected chi connectivity index (χ4v) is 3.43. The minimum atomic E-state index is -0.444. The van der Waals surface area contributed by atoms with Crippen LogP contribution in [0, 0.1) is 17.0 Å². The van der Waals surface area contributed by atoms with Crippen LogP contribution in [0.15, 0.2) is 81.6 Å². The summed E-state index contributed by atoms with van der Waals surface area (Å²) in [4.78, 5) is 24.4. The van der Waals surface area contributed by atoms with E-state index in [1.165, 1.54) is 24.0 Å². The minimum Gasteiger partial charge on any atom is -0.267 e. The number of nitro groups is 1. The van der Waals surface area contributed by atoms with Gasteiger partial charge in [0.2, 0.25) is 0 Å². The molecule has 0 saturated heterocycles. The Morgan fingerprint density at radius 2 is 1.79 bits per heavy atom. The number of aryl methyl sites for hydroxylation is 1. The van der Waals surface area contributed by atoms with Crippen molar-refractivity contribution in [2.45, 2.75) is 16.7 Å². The smallest absolute Gasteiger partial charge is 0.267 e. The first-order valence-corrected chi connectivity index (χ1v) is 9.74. The van der Waals surface area contributed by atoms with Gasteiger partial charge in [0.1, 0.15) is 0 Å². The molecule has 29 heavy (non-hydrogen) atoms. The standard InChI is InChI=1S/C21H16ClN3O3S/c1-14-2-5-16(6-3-14)21(26)24-23-13-15-4-11-20(19(12-15)25(27)28)29-18-9-7-17(22)8-10-18/h2-13H,1H3,(H,24,26)/b23-13+. The van der Waals surface area contributed by atoms with Gasteiger partial charge < -0.3 is 0 Å². The molecule has 0 unspecified atom stereocenters. The second kappa shape index (κ2) is 9.36. The maximum atomic E-state index is 12.1. The Kier molecular flexibility index (Phi) is 6.64. The average molecular weight is 426 g/mol. The van der Waals surface area contributed by atoms with Gasteiger partial charge in [0, 0.05) is 27.1 Å². The summed E-state index contributed by atoms with van der Waals surface area (Å²) in [5.74, 6) is -0.356. The maximum absolute atomic E-state index is 12.1. The third-order valence-electron chi connectivity index (χ3n) is 3.91. The van der Waals surface area contributed by atoms with E-state index >= 15 is 0 Å². The number of amides is 1. The highest BCUT2D eigenvalue weighted by Crippen LogP contribution is 2.35. The van der Waals surface area contributed by atoms with Crippen molar-refractivity contribution in [3.63, 3.8) is 0 Å². The number of nitro benzene ring substituents is 1. The summed E-state index contributed by atoms with van der Waals surface area (Å²) in [6, 6.07) is 18.9. The third-order valence-corrected chi connectivity index (χ3v) is 5.24. The molecule has 0 atom stereocenters. The van der Waals surface area contributed by atoms with Crippen molar-refractivity contribution >= 4 is 41.2 Å². The van der Waals surface area contributed by atoms with Gasteiger partial charge in [-0.2, -0.15) is 5.10 Å². The summed E-state index contributed by atoms with van der Waals surface area (Å²) < 4.78 is 0. The van der Waals surface area contributed by atoms with E-state index in [9.17, 15) is 14.9 Å². The molecule has 3 aromatic rings.